The van der Waals surface area contributed by atoms with Gasteiger partial charge in [0.15, 0.2) is 5.17 Å². The van der Waals surface area contributed by atoms with Gasteiger partial charge in [-0.3, -0.25) is 14.4 Å². The third kappa shape index (κ3) is 5.51. The van der Waals surface area contributed by atoms with E-state index in [1.807, 2.05) is 12.1 Å². The Balaban J connectivity index is 1.28. The number of benzene rings is 1. The number of nitrogens with one attached hydrogen (secondary N) is 1. The summed E-state index contributed by atoms with van der Waals surface area (Å²) >= 11 is 8.77. The van der Waals surface area contributed by atoms with Crippen molar-refractivity contribution in [2.45, 2.75) is 31.1 Å². The maximum absolute atomic E-state index is 12.6. The largest absolute Gasteiger partial charge is 0.351 e. The number of rotatable bonds is 6. The molecule has 0 spiro atoms. The van der Waals surface area contributed by atoms with Crippen LogP contribution in [0, 0.1) is 0 Å². The molecule has 2 aliphatic heterocycles. The van der Waals surface area contributed by atoms with Crippen LogP contribution in [0.15, 0.2) is 41.4 Å². The number of amides is 3. The molecule has 2 aliphatic rings. The fourth-order valence-corrected chi connectivity index (χ4v) is 5.85. The number of hydrogen-bond acceptors (Lipinski definition) is 6. The van der Waals surface area contributed by atoms with Crippen LogP contribution in [0.2, 0.25) is 4.34 Å². The molecule has 1 aromatic carbocycles. The van der Waals surface area contributed by atoms with Crippen molar-refractivity contribution in [1.82, 2.24) is 9.80 Å². The lowest BCUT2D eigenvalue weighted by atomic mass is 10.1. The van der Waals surface area contributed by atoms with Crippen molar-refractivity contribution in [2.75, 3.05) is 25.5 Å². The molecule has 1 saturated heterocycles. The van der Waals surface area contributed by atoms with E-state index < -0.39 is 5.25 Å². The number of hydrogen-bond donors (Lipinski definition) is 1. The zero-order valence-electron chi connectivity index (χ0n) is 17.5. The van der Waals surface area contributed by atoms with Crippen LogP contribution in [0.3, 0.4) is 0 Å². The number of thioether (sulfide) groups is 1. The number of halogens is 1. The number of likely N-dealkylation sites (tertiary alicyclic amines) is 1. The quantitative estimate of drug-likeness (QED) is 0.659. The summed E-state index contributed by atoms with van der Waals surface area (Å²) in [6, 6.07) is 10.5. The number of anilines is 1. The van der Waals surface area contributed by atoms with Gasteiger partial charge in [-0.05, 0) is 49.2 Å². The molecule has 4 rings (SSSR count). The Bertz CT molecular complexity index is 1050. The second kappa shape index (κ2) is 10.1. The SMILES string of the molecule is CN(Cc1ccc(Cl)s1)C(=O)c1ccc(NC(=O)C[C@H]2SC(N3CCCC3)=NC2=O)cc1. The highest BCUT2D eigenvalue weighted by Gasteiger charge is 2.33. The van der Waals surface area contributed by atoms with Crippen LogP contribution in [-0.4, -0.2) is 58.1 Å². The van der Waals surface area contributed by atoms with Gasteiger partial charge in [-0.25, -0.2) is 0 Å². The zero-order valence-corrected chi connectivity index (χ0v) is 19.9. The first kappa shape index (κ1) is 22.8. The van der Waals surface area contributed by atoms with E-state index in [1.165, 1.54) is 23.1 Å². The van der Waals surface area contributed by atoms with Crippen LogP contribution >= 0.6 is 34.7 Å². The lowest BCUT2D eigenvalue weighted by molar-refractivity contribution is -0.121. The zero-order chi connectivity index (χ0) is 22.7. The van der Waals surface area contributed by atoms with Crippen molar-refractivity contribution in [3.8, 4) is 0 Å². The minimum absolute atomic E-state index is 0.0666. The first-order chi connectivity index (χ1) is 15.4. The van der Waals surface area contributed by atoms with Crippen LogP contribution in [0.5, 0.6) is 0 Å². The minimum Gasteiger partial charge on any atom is -0.351 e. The van der Waals surface area contributed by atoms with Gasteiger partial charge in [0.1, 0.15) is 5.25 Å². The molecule has 2 aromatic rings. The van der Waals surface area contributed by atoms with Gasteiger partial charge in [0.05, 0.1) is 10.9 Å². The molecule has 3 heterocycles. The first-order valence-electron chi connectivity index (χ1n) is 10.3. The van der Waals surface area contributed by atoms with Crippen LogP contribution in [0.4, 0.5) is 5.69 Å². The summed E-state index contributed by atoms with van der Waals surface area (Å²) in [5, 5.41) is 3.06. The summed E-state index contributed by atoms with van der Waals surface area (Å²) < 4.78 is 0.692. The van der Waals surface area contributed by atoms with E-state index in [-0.39, 0.29) is 24.1 Å². The standard InChI is InChI=1S/C22H23ClN4O3S2/c1-26(13-16-8-9-18(23)31-16)21(30)14-4-6-15(7-5-14)24-19(28)12-17-20(29)25-22(32-17)27-10-2-3-11-27/h4-9,17H,2-3,10-13H2,1H3,(H,24,28)/t17-/m1/s1. The number of thiophene rings is 1. The van der Waals surface area contributed by atoms with Crippen molar-refractivity contribution in [1.29, 1.82) is 0 Å². The van der Waals surface area contributed by atoms with E-state index in [1.54, 1.807) is 36.2 Å². The second-order valence-corrected chi connectivity index (χ2v) is 10.7. The van der Waals surface area contributed by atoms with Gasteiger partial charge in [0.2, 0.25) is 5.91 Å². The van der Waals surface area contributed by atoms with E-state index >= 15 is 0 Å². The molecule has 32 heavy (non-hydrogen) atoms. The molecule has 0 unspecified atom stereocenters. The molecule has 0 aliphatic carbocycles. The summed E-state index contributed by atoms with van der Waals surface area (Å²) in [5.41, 5.74) is 1.11. The molecule has 0 saturated carbocycles. The predicted molar refractivity (Wildman–Crippen MR) is 129 cm³/mol. The van der Waals surface area contributed by atoms with Crippen LogP contribution in [-0.2, 0) is 16.1 Å². The van der Waals surface area contributed by atoms with Crippen molar-refractivity contribution in [2.24, 2.45) is 4.99 Å². The maximum Gasteiger partial charge on any atom is 0.262 e. The maximum atomic E-state index is 12.6. The molecule has 168 valence electrons. The molecule has 10 heteroatoms. The predicted octanol–water partition coefficient (Wildman–Crippen LogP) is 4.10. The number of amidine groups is 1. The molecule has 1 atom stereocenters. The molecule has 1 fully saturated rings. The first-order valence-corrected chi connectivity index (χ1v) is 12.4. The summed E-state index contributed by atoms with van der Waals surface area (Å²) in [7, 11) is 1.74. The van der Waals surface area contributed by atoms with E-state index in [0.717, 1.165) is 36.0 Å². The number of aliphatic imine (C=N–C) groups is 1. The van der Waals surface area contributed by atoms with Crippen molar-refractivity contribution in [3.05, 3.63) is 51.2 Å². The highest BCUT2D eigenvalue weighted by Crippen LogP contribution is 2.29. The Morgan fingerprint density at radius 3 is 2.56 bits per heavy atom. The van der Waals surface area contributed by atoms with Crippen molar-refractivity contribution in [3.63, 3.8) is 0 Å². The minimum atomic E-state index is -0.481. The smallest absolute Gasteiger partial charge is 0.262 e. The molecule has 0 radical (unpaired) electrons. The van der Waals surface area contributed by atoms with Crippen molar-refractivity contribution < 1.29 is 14.4 Å². The van der Waals surface area contributed by atoms with Crippen LogP contribution in [0.1, 0.15) is 34.5 Å². The fourth-order valence-electron chi connectivity index (χ4n) is 3.59. The van der Waals surface area contributed by atoms with Crippen LogP contribution < -0.4 is 5.32 Å². The monoisotopic (exact) mass is 490 g/mol. The van der Waals surface area contributed by atoms with E-state index in [9.17, 15) is 14.4 Å². The van der Waals surface area contributed by atoms with E-state index in [4.69, 9.17) is 11.6 Å². The van der Waals surface area contributed by atoms with E-state index in [0.29, 0.717) is 22.1 Å². The number of nitrogens with zero attached hydrogens (tertiary/aromatic N) is 3. The highest BCUT2D eigenvalue weighted by molar-refractivity contribution is 8.15. The second-order valence-electron chi connectivity index (χ2n) is 7.73. The molecule has 3 amide bonds. The summed E-state index contributed by atoms with van der Waals surface area (Å²) in [4.78, 5) is 46.1. The lowest BCUT2D eigenvalue weighted by Crippen LogP contribution is -2.26. The third-order valence-corrected chi connectivity index (χ3v) is 7.69. The Labute approximate surface area is 199 Å². The molecular formula is C22H23ClN4O3S2. The summed E-state index contributed by atoms with van der Waals surface area (Å²) in [6.07, 6.45) is 2.28. The summed E-state index contributed by atoms with van der Waals surface area (Å²) in [6.45, 7) is 2.31. The normalized spacial score (nSPS) is 18.1. The Kier molecular flexibility index (Phi) is 7.17. The third-order valence-electron chi connectivity index (χ3n) is 5.26. The molecule has 1 N–H and O–H groups in total. The lowest BCUT2D eigenvalue weighted by Gasteiger charge is -2.17. The summed E-state index contributed by atoms with van der Waals surface area (Å²) in [5.74, 6) is -0.616. The van der Waals surface area contributed by atoms with Crippen LogP contribution in [0.25, 0.3) is 0 Å². The Hall–Kier alpha value is -2.36. The van der Waals surface area contributed by atoms with Gasteiger partial charge in [0.25, 0.3) is 11.8 Å². The van der Waals surface area contributed by atoms with E-state index in [2.05, 4.69) is 15.2 Å². The molecule has 1 aromatic heterocycles. The average Bonchev–Trinajstić information content (AvgIpc) is 3.51. The molecular weight excluding hydrogens is 468 g/mol. The molecule has 0 bridgehead atoms. The fraction of sp³-hybridized carbons (Fsp3) is 0.364. The Morgan fingerprint density at radius 1 is 1.19 bits per heavy atom. The van der Waals surface area contributed by atoms with Gasteiger partial charge in [-0.2, -0.15) is 4.99 Å². The Morgan fingerprint density at radius 2 is 1.91 bits per heavy atom. The van der Waals surface area contributed by atoms with Gasteiger partial charge in [0, 0.05) is 42.7 Å². The van der Waals surface area contributed by atoms with Gasteiger partial charge in [-0.1, -0.05) is 23.4 Å². The van der Waals surface area contributed by atoms with Gasteiger partial charge < -0.3 is 15.1 Å². The number of carbonyl (C=O) groups is 3. The molecule has 7 nitrogen and oxygen atoms in total. The van der Waals surface area contributed by atoms with Gasteiger partial charge in [-0.15, -0.1) is 11.3 Å². The topological polar surface area (TPSA) is 82.1 Å². The highest BCUT2D eigenvalue weighted by atomic mass is 35.5. The number of carbonyl (C=O) groups excluding carboxylic acids is 3. The van der Waals surface area contributed by atoms with Crippen molar-refractivity contribution >= 4 is 63.3 Å². The van der Waals surface area contributed by atoms with Gasteiger partial charge >= 0.3 is 0 Å². The average molecular weight is 491 g/mol.